The van der Waals surface area contributed by atoms with Gasteiger partial charge in [0.15, 0.2) is 0 Å². The van der Waals surface area contributed by atoms with E-state index in [1.807, 2.05) is 25.1 Å². The molecule has 1 atom stereocenters. The fourth-order valence-corrected chi connectivity index (χ4v) is 3.84. The van der Waals surface area contributed by atoms with Crippen LogP contribution in [0, 0.1) is 0 Å². The van der Waals surface area contributed by atoms with Gasteiger partial charge in [-0.25, -0.2) is 0 Å². The van der Waals surface area contributed by atoms with E-state index in [-0.39, 0.29) is 18.1 Å². The number of carbonyl (C=O) groups excluding carboxylic acids is 2. The smallest absolute Gasteiger partial charge is 0.337 e. The van der Waals surface area contributed by atoms with Gasteiger partial charge in [0.1, 0.15) is 0 Å². The Balaban J connectivity index is 1.64. The first-order valence-electron chi connectivity index (χ1n) is 10.3. The van der Waals surface area contributed by atoms with E-state index in [0.29, 0.717) is 19.6 Å². The van der Waals surface area contributed by atoms with Crippen LogP contribution in [-0.4, -0.2) is 47.3 Å². The molecule has 0 saturated heterocycles. The van der Waals surface area contributed by atoms with Crippen LogP contribution in [0.15, 0.2) is 48.5 Å². The van der Waals surface area contributed by atoms with Gasteiger partial charge in [0.25, 0.3) is 0 Å². The molecule has 0 spiro atoms. The Morgan fingerprint density at radius 2 is 1.74 bits per heavy atom. The van der Waals surface area contributed by atoms with Crippen LogP contribution in [0.5, 0.6) is 0 Å². The quantitative estimate of drug-likeness (QED) is 0.751. The van der Waals surface area contributed by atoms with Crippen molar-refractivity contribution in [2.24, 2.45) is 0 Å². The van der Waals surface area contributed by atoms with Gasteiger partial charge >= 0.3 is 6.18 Å². The summed E-state index contributed by atoms with van der Waals surface area (Å²) in [5.74, 6) is -0.693. The maximum Gasteiger partial charge on any atom is 0.418 e. The van der Waals surface area contributed by atoms with Crippen molar-refractivity contribution in [3.8, 4) is 0 Å². The fraction of sp³-hybridized carbons (Fsp3) is 0.391. The lowest BCUT2D eigenvalue weighted by atomic mass is 9.99. The van der Waals surface area contributed by atoms with Gasteiger partial charge in [0, 0.05) is 13.1 Å². The number of para-hydroxylation sites is 1. The fourth-order valence-electron chi connectivity index (χ4n) is 3.84. The number of carbonyl (C=O) groups is 2. The average Bonchev–Trinajstić information content (AvgIpc) is 2.75. The maximum absolute atomic E-state index is 13.2. The molecule has 2 aromatic rings. The van der Waals surface area contributed by atoms with E-state index in [4.69, 9.17) is 0 Å². The molecular weight excluding hydrogens is 407 g/mol. The Morgan fingerprint density at radius 1 is 1.10 bits per heavy atom. The molecule has 0 aliphatic carbocycles. The van der Waals surface area contributed by atoms with E-state index in [2.05, 4.69) is 11.4 Å². The van der Waals surface area contributed by atoms with Crippen molar-refractivity contribution in [3.63, 3.8) is 0 Å². The highest BCUT2D eigenvalue weighted by atomic mass is 19.4. The molecule has 0 saturated carbocycles. The lowest BCUT2D eigenvalue weighted by Gasteiger charge is -2.34. The second-order valence-corrected chi connectivity index (χ2v) is 7.61. The van der Waals surface area contributed by atoms with Crippen molar-refractivity contribution in [2.45, 2.75) is 39.0 Å². The van der Waals surface area contributed by atoms with E-state index in [9.17, 15) is 22.8 Å². The summed E-state index contributed by atoms with van der Waals surface area (Å²) in [5, 5.41) is 2.34. The minimum Gasteiger partial charge on any atom is -0.337 e. The number of nitrogens with one attached hydrogen (secondary N) is 1. The third-order valence-corrected chi connectivity index (χ3v) is 5.61. The number of amides is 2. The van der Waals surface area contributed by atoms with Crippen LogP contribution in [0.2, 0.25) is 0 Å². The molecule has 2 aromatic carbocycles. The van der Waals surface area contributed by atoms with E-state index < -0.39 is 23.7 Å². The molecule has 2 amide bonds. The zero-order chi connectivity index (χ0) is 22.6. The number of nitrogens with zero attached hydrogens (tertiary/aromatic N) is 2. The van der Waals surface area contributed by atoms with Crippen molar-refractivity contribution >= 4 is 17.5 Å². The van der Waals surface area contributed by atoms with Crippen LogP contribution >= 0.6 is 0 Å². The van der Waals surface area contributed by atoms with Gasteiger partial charge in [-0.3, -0.25) is 14.5 Å². The van der Waals surface area contributed by atoms with Crippen molar-refractivity contribution in [3.05, 3.63) is 65.2 Å². The molecule has 1 heterocycles. The number of halogens is 3. The van der Waals surface area contributed by atoms with Gasteiger partial charge in [-0.2, -0.15) is 13.2 Å². The number of fused-ring (bicyclic) bond motifs is 1. The van der Waals surface area contributed by atoms with Crippen LogP contribution < -0.4 is 5.32 Å². The molecular formula is C23H26F3N3O2. The van der Waals surface area contributed by atoms with Crippen molar-refractivity contribution < 1.29 is 22.8 Å². The summed E-state index contributed by atoms with van der Waals surface area (Å²) < 4.78 is 39.5. The molecule has 0 fully saturated rings. The van der Waals surface area contributed by atoms with Crippen molar-refractivity contribution in [1.82, 2.24) is 9.80 Å². The molecule has 1 unspecified atom stereocenters. The Bertz CT molecular complexity index is 946. The first kappa shape index (κ1) is 22.8. The Labute approximate surface area is 179 Å². The minimum atomic E-state index is -4.57. The molecule has 1 N–H and O–H groups in total. The number of hydrogen-bond donors (Lipinski definition) is 1. The zero-order valence-corrected chi connectivity index (χ0v) is 17.6. The molecule has 8 heteroatoms. The summed E-state index contributed by atoms with van der Waals surface area (Å²) in [4.78, 5) is 29.0. The second-order valence-electron chi connectivity index (χ2n) is 7.61. The average molecular weight is 433 g/mol. The van der Waals surface area contributed by atoms with Crippen LogP contribution in [0.1, 0.15) is 30.5 Å². The van der Waals surface area contributed by atoms with Crippen LogP contribution in [0.3, 0.4) is 0 Å². The largest absolute Gasteiger partial charge is 0.418 e. The highest BCUT2D eigenvalue weighted by Crippen LogP contribution is 2.34. The van der Waals surface area contributed by atoms with Gasteiger partial charge in [0.2, 0.25) is 11.8 Å². The molecule has 0 radical (unpaired) electrons. The first-order valence-corrected chi connectivity index (χ1v) is 10.3. The molecule has 1 aliphatic heterocycles. The Hall–Kier alpha value is -2.87. The standard InChI is InChI=1S/C23H26F3N3O2/c1-3-28(15-21(30)27-20-11-7-6-10-19(20)23(24,25)26)16(2)22(31)29-13-12-17-8-4-5-9-18(17)14-29/h4-11,16H,3,12-15H2,1-2H3,(H,27,30). The normalized spacial score (nSPS) is 14.8. The van der Waals surface area contributed by atoms with Gasteiger partial charge in [0.05, 0.1) is 23.8 Å². The number of alkyl halides is 3. The Morgan fingerprint density at radius 3 is 2.42 bits per heavy atom. The van der Waals surface area contributed by atoms with E-state index >= 15 is 0 Å². The third kappa shape index (κ3) is 5.44. The van der Waals surface area contributed by atoms with Crippen LogP contribution in [-0.2, 0) is 28.7 Å². The van der Waals surface area contributed by atoms with Crippen LogP contribution in [0.25, 0.3) is 0 Å². The predicted molar refractivity (Wildman–Crippen MR) is 112 cm³/mol. The monoisotopic (exact) mass is 433 g/mol. The summed E-state index contributed by atoms with van der Waals surface area (Å²) in [6.45, 7) is 4.88. The van der Waals surface area contributed by atoms with E-state index in [1.54, 1.807) is 16.7 Å². The summed E-state index contributed by atoms with van der Waals surface area (Å²) in [6, 6.07) is 12.3. The SMILES string of the molecule is CCN(CC(=O)Nc1ccccc1C(F)(F)F)C(C)C(=O)N1CCc2ccccc2C1. The van der Waals surface area contributed by atoms with Gasteiger partial charge < -0.3 is 10.2 Å². The zero-order valence-electron chi connectivity index (χ0n) is 17.6. The topological polar surface area (TPSA) is 52.7 Å². The number of likely N-dealkylation sites (N-methyl/N-ethyl adjacent to an activating group) is 1. The van der Waals surface area contributed by atoms with Crippen LogP contribution in [0.4, 0.5) is 18.9 Å². The molecule has 0 aromatic heterocycles. The highest BCUT2D eigenvalue weighted by Gasteiger charge is 2.34. The first-order chi connectivity index (χ1) is 14.7. The predicted octanol–water partition coefficient (Wildman–Crippen LogP) is 3.94. The molecule has 0 bridgehead atoms. The lowest BCUT2D eigenvalue weighted by Crippen LogP contribution is -2.50. The van der Waals surface area contributed by atoms with Gasteiger partial charge in [-0.1, -0.05) is 43.3 Å². The highest BCUT2D eigenvalue weighted by molar-refractivity contribution is 5.93. The summed E-state index contributed by atoms with van der Waals surface area (Å²) in [7, 11) is 0. The molecule has 1 aliphatic rings. The summed E-state index contributed by atoms with van der Waals surface area (Å²) in [6.07, 6.45) is -3.79. The number of benzene rings is 2. The lowest BCUT2D eigenvalue weighted by molar-refractivity contribution is -0.138. The van der Waals surface area contributed by atoms with Crippen molar-refractivity contribution in [1.29, 1.82) is 0 Å². The minimum absolute atomic E-state index is 0.0974. The molecule has 31 heavy (non-hydrogen) atoms. The third-order valence-electron chi connectivity index (χ3n) is 5.61. The number of hydrogen-bond acceptors (Lipinski definition) is 3. The van der Waals surface area contributed by atoms with E-state index in [1.165, 1.54) is 23.8 Å². The Kier molecular flexibility index (Phi) is 7.00. The van der Waals surface area contributed by atoms with Gasteiger partial charge in [-0.05, 0) is 43.1 Å². The molecule has 3 rings (SSSR count). The van der Waals surface area contributed by atoms with Gasteiger partial charge in [-0.15, -0.1) is 0 Å². The number of rotatable bonds is 6. The maximum atomic E-state index is 13.2. The summed E-state index contributed by atoms with van der Waals surface area (Å²) >= 11 is 0. The number of anilines is 1. The second kappa shape index (κ2) is 9.51. The summed E-state index contributed by atoms with van der Waals surface area (Å²) in [5.41, 5.74) is 1.15. The molecule has 5 nitrogen and oxygen atoms in total. The van der Waals surface area contributed by atoms with Crippen molar-refractivity contribution in [2.75, 3.05) is 25.0 Å². The molecule has 166 valence electrons. The van der Waals surface area contributed by atoms with E-state index in [0.717, 1.165) is 18.1 Å².